The van der Waals surface area contributed by atoms with Crippen LogP contribution in [-0.2, 0) is 0 Å². The SMILES string of the molecule is Cc1c(-c2c(C)c(=O)c3c(C(C)C)c(=O)c(=O)cc-3c2=O)c(O)c2c(C=NC3CCCCC3)c(O)c(O)c(C(C)C)c2c1O. The third kappa shape index (κ3) is 4.57. The topological polar surface area (TPSA) is 162 Å². The van der Waals surface area contributed by atoms with E-state index in [-0.39, 0.29) is 72.6 Å². The van der Waals surface area contributed by atoms with Crippen molar-refractivity contribution in [2.75, 3.05) is 0 Å². The molecule has 5 rings (SSSR count). The minimum atomic E-state index is -0.919. The number of benzene rings is 4. The summed E-state index contributed by atoms with van der Waals surface area (Å²) in [6, 6.07) is 0.846. The van der Waals surface area contributed by atoms with Crippen molar-refractivity contribution in [3.8, 4) is 45.3 Å². The normalized spacial score (nSPS) is 14.6. The molecule has 3 aliphatic rings. The van der Waals surface area contributed by atoms with Crippen LogP contribution in [-0.4, -0.2) is 32.7 Å². The summed E-state index contributed by atoms with van der Waals surface area (Å²) in [5.41, 5.74) is -3.75. The number of fused-ring (bicyclic) bond motifs is 2. The predicted octanol–water partition coefficient (Wildman–Crippen LogP) is 5.37. The Hall–Kier alpha value is -4.53. The minimum absolute atomic E-state index is 0.0212. The average Bonchev–Trinajstić information content (AvgIpc) is 2.97. The van der Waals surface area contributed by atoms with Gasteiger partial charge in [-0.2, -0.15) is 0 Å². The van der Waals surface area contributed by atoms with Gasteiger partial charge in [0.25, 0.3) is 0 Å². The molecule has 0 aromatic heterocycles. The molecular weight excluding hydrogens is 562 g/mol. The van der Waals surface area contributed by atoms with E-state index >= 15 is 0 Å². The van der Waals surface area contributed by atoms with Crippen LogP contribution >= 0.6 is 0 Å². The van der Waals surface area contributed by atoms with Gasteiger partial charge in [-0.15, -0.1) is 0 Å². The number of hydrogen-bond acceptors (Lipinski definition) is 9. The number of aromatic hydroxyl groups is 4. The number of nitrogens with zero attached hydrogens (tertiary/aromatic N) is 1. The predicted molar refractivity (Wildman–Crippen MR) is 172 cm³/mol. The molecule has 2 aromatic carbocycles. The number of phenolic OH excluding ortho intramolecular Hbond substituents is 4. The molecule has 230 valence electrons. The van der Waals surface area contributed by atoms with Gasteiger partial charge in [0.2, 0.25) is 10.9 Å². The standard InChI is InChI=1S/C35H37NO8/c1-14(2)22-26-19(12-21(37)33(22)42)31(40)24(16(5)29(26)38)25-17(6)30(39)28-23(15(3)4)35(44)32(41)20(27(28)34(25)43)13-36-18-10-8-7-9-11-18/h12-15,18,39,41,43-44H,7-11H2,1-6H3. The molecule has 9 heteroatoms. The van der Waals surface area contributed by atoms with Gasteiger partial charge in [0.05, 0.1) is 0 Å². The van der Waals surface area contributed by atoms with Gasteiger partial charge in [0.1, 0.15) is 11.5 Å². The van der Waals surface area contributed by atoms with E-state index in [2.05, 4.69) is 4.99 Å². The third-order valence-electron chi connectivity index (χ3n) is 9.05. The highest BCUT2D eigenvalue weighted by Crippen LogP contribution is 2.53. The number of phenols is 4. The van der Waals surface area contributed by atoms with Gasteiger partial charge in [0.15, 0.2) is 22.4 Å². The Balaban J connectivity index is 1.97. The second-order valence-electron chi connectivity index (χ2n) is 12.5. The lowest BCUT2D eigenvalue weighted by molar-refractivity contribution is 0.397. The Morgan fingerprint density at radius 1 is 0.682 bits per heavy atom. The molecule has 0 aliphatic heterocycles. The van der Waals surface area contributed by atoms with Crippen LogP contribution in [0.1, 0.15) is 99.5 Å². The third-order valence-corrected chi connectivity index (χ3v) is 9.05. The van der Waals surface area contributed by atoms with Crippen molar-refractivity contribution < 1.29 is 20.4 Å². The van der Waals surface area contributed by atoms with Gasteiger partial charge in [0, 0.05) is 79.2 Å². The fourth-order valence-corrected chi connectivity index (χ4v) is 6.81. The number of rotatable bonds is 5. The summed E-state index contributed by atoms with van der Waals surface area (Å²) in [6.45, 7) is 9.70. The van der Waals surface area contributed by atoms with E-state index in [1.165, 1.54) is 20.1 Å². The zero-order valence-corrected chi connectivity index (χ0v) is 25.8. The molecule has 9 nitrogen and oxygen atoms in total. The van der Waals surface area contributed by atoms with E-state index < -0.39 is 50.8 Å². The molecule has 1 saturated carbocycles. The van der Waals surface area contributed by atoms with Crippen molar-refractivity contribution in [2.24, 2.45) is 4.99 Å². The van der Waals surface area contributed by atoms with Crippen LogP contribution in [0.4, 0.5) is 0 Å². The quantitative estimate of drug-likeness (QED) is 0.103. The second kappa shape index (κ2) is 11.2. The first kappa shape index (κ1) is 30.9. The molecule has 0 atom stereocenters. The van der Waals surface area contributed by atoms with Crippen LogP contribution in [0.2, 0.25) is 0 Å². The summed E-state index contributed by atoms with van der Waals surface area (Å²) in [6.07, 6.45) is 6.19. The molecule has 0 spiro atoms. The van der Waals surface area contributed by atoms with Crippen molar-refractivity contribution in [1.29, 1.82) is 0 Å². The maximum atomic E-state index is 14.1. The van der Waals surface area contributed by atoms with E-state index in [4.69, 9.17) is 0 Å². The molecule has 4 N–H and O–H groups in total. The second-order valence-corrected chi connectivity index (χ2v) is 12.5. The molecule has 0 heterocycles. The van der Waals surface area contributed by atoms with Crippen LogP contribution in [0.5, 0.6) is 23.0 Å². The summed E-state index contributed by atoms with van der Waals surface area (Å²) in [5.74, 6) is -2.75. The number of hydrogen-bond donors (Lipinski definition) is 4. The zero-order valence-electron chi connectivity index (χ0n) is 25.8. The van der Waals surface area contributed by atoms with Crippen LogP contribution in [0.25, 0.3) is 33.0 Å². The van der Waals surface area contributed by atoms with E-state index in [1.54, 1.807) is 27.7 Å². The summed E-state index contributed by atoms with van der Waals surface area (Å²) in [4.78, 5) is 57.9. The summed E-state index contributed by atoms with van der Waals surface area (Å²) in [7, 11) is 0. The Labute approximate surface area is 253 Å². The van der Waals surface area contributed by atoms with Gasteiger partial charge in [-0.1, -0.05) is 47.0 Å². The highest BCUT2D eigenvalue weighted by atomic mass is 16.3. The molecule has 0 bridgehead atoms. The Morgan fingerprint density at radius 3 is 1.89 bits per heavy atom. The Bertz CT molecular complexity index is 2040. The van der Waals surface area contributed by atoms with Crippen LogP contribution < -0.4 is 21.7 Å². The molecule has 0 amide bonds. The van der Waals surface area contributed by atoms with Gasteiger partial charge >= 0.3 is 0 Å². The lowest BCUT2D eigenvalue weighted by Crippen LogP contribution is -2.35. The van der Waals surface area contributed by atoms with E-state index in [0.29, 0.717) is 0 Å². The van der Waals surface area contributed by atoms with E-state index in [9.17, 15) is 39.6 Å². The van der Waals surface area contributed by atoms with Crippen molar-refractivity contribution in [3.63, 3.8) is 0 Å². The van der Waals surface area contributed by atoms with Crippen molar-refractivity contribution in [2.45, 2.75) is 91.5 Å². The highest BCUT2D eigenvalue weighted by molar-refractivity contribution is 6.14. The molecule has 44 heavy (non-hydrogen) atoms. The molecule has 0 radical (unpaired) electrons. The summed E-state index contributed by atoms with van der Waals surface area (Å²) in [5, 5.41) is 46.0. The van der Waals surface area contributed by atoms with Crippen molar-refractivity contribution >= 4 is 17.0 Å². The van der Waals surface area contributed by atoms with E-state index in [0.717, 1.165) is 38.2 Å². The Morgan fingerprint density at radius 2 is 1.30 bits per heavy atom. The largest absolute Gasteiger partial charge is 0.507 e. The first-order valence-corrected chi connectivity index (χ1v) is 15.0. The Kier molecular flexibility index (Phi) is 7.86. The first-order valence-electron chi connectivity index (χ1n) is 15.0. The van der Waals surface area contributed by atoms with Crippen LogP contribution in [0.3, 0.4) is 0 Å². The van der Waals surface area contributed by atoms with Crippen molar-refractivity contribution in [3.05, 3.63) is 74.8 Å². The summed E-state index contributed by atoms with van der Waals surface area (Å²) < 4.78 is 0. The fourth-order valence-electron chi connectivity index (χ4n) is 6.81. The lowest BCUT2D eigenvalue weighted by Gasteiger charge is -2.23. The molecule has 0 saturated heterocycles. The monoisotopic (exact) mass is 599 g/mol. The summed E-state index contributed by atoms with van der Waals surface area (Å²) >= 11 is 0. The van der Waals surface area contributed by atoms with Gasteiger partial charge < -0.3 is 20.4 Å². The lowest BCUT2D eigenvalue weighted by atomic mass is 9.82. The maximum absolute atomic E-state index is 14.1. The molecule has 0 unspecified atom stereocenters. The molecule has 3 aliphatic carbocycles. The minimum Gasteiger partial charge on any atom is -0.507 e. The van der Waals surface area contributed by atoms with E-state index in [1.807, 2.05) is 0 Å². The van der Waals surface area contributed by atoms with Gasteiger partial charge in [-0.3, -0.25) is 24.2 Å². The van der Waals surface area contributed by atoms with Gasteiger partial charge in [-0.25, -0.2) is 0 Å². The average molecular weight is 600 g/mol. The number of aliphatic imine (C=N–C) groups is 1. The highest BCUT2D eigenvalue weighted by Gasteiger charge is 2.32. The van der Waals surface area contributed by atoms with Gasteiger partial charge in [-0.05, 0) is 38.5 Å². The van der Waals surface area contributed by atoms with Crippen LogP contribution in [0, 0.1) is 13.8 Å². The van der Waals surface area contributed by atoms with Crippen LogP contribution in [0.15, 0.2) is 30.2 Å². The smallest absolute Gasteiger partial charge is 0.229 e. The molecular formula is C35H37NO8. The first-order chi connectivity index (χ1) is 20.7. The molecule has 2 aromatic rings. The maximum Gasteiger partial charge on any atom is 0.229 e. The van der Waals surface area contributed by atoms with Crippen molar-refractivity contribution in [1.82, 2.24) is 0 Å². The zero-order chi connectivity index (χ0) is 32.4. The fraction of sp³-hybridized carbons (Fsp3) is 0.400. The molecule has 1 fully saturated rings.